The fourth-order valence-electron chi connectivity index (χ4n) is 12.3. The maximum Gasteiger partial charge on any atom is 0.305 e. The topological polar surface area (TPSA) is 95.9 Å². The van der Waals surface area contributed by atoms with Gasteiger partial charge in [-0.25, -0.2) is 0 Å². The Labute approximate surface area is 544 Å². The van der Waals surface area contributed by atoms with Gasteiger partial charge in [0.1, 0.15) is 0 Å². The van der Waals surface area contributed by atoms with E-state index in [1.165, 1.54) is 353 Å². The van der Waals surface area contributed by atoms with E-state index in [1.54, 1.807) is 6.08 Å². The number of nitrogens with one attached hydrogen (secondary N) is 1. The fraction of sp³-hybridized carbons (Fsp3) is 0.877. The van der Waals surface area contributed by atoms with Gasteiger partial charge in [0, 0.05) is 12.8 Å². The molecule has 0 aliphatic rings. The third-order valence-electron chi connectivity index (χ3n) is 18.3. The maximum atomic E-state index is 12.5. The van der Waals surface area contributed by atoms with E-state index in [9.17, 15) is 19.8 Å². The fourth-order valence-corrected chi connectivity index (χ4v) is 12.3. The molecule has 0 aromatic carbocycles. The third kappa shape index (κ3) is 72.8. The van der Waals surface area contributed by atoms with Crippen molar-refractivity contribution in [2.45, 2.75) is 443 Å². The number of carbonyl (C=O) groups excluding carboxylic acids is 2. The van der Waals surface area contributed by atoms with E-state index in [1.807, 2.05) is 6.08 Å². The molecule has 0 rings (SSSR count). The van der Waals surface area contributed by atoms with Gasteiger partial charge < -0.3 is 20.3 Å². The first-order valence-electron chi connectivity index (χ1n) is 39.4. The first-order valence-corrected chi connectivity index (χ1v) is 39.4. The van der Waals surface area contributed by atoms with Crippen LogP contribution in [-0.2, 0) is 14.3 Å². The highest BCUT2D eigenvalue weighted by atomic mass is 16.5. The minimum Gasteiger partial charge on any atom is -0.466 e. The summed E-state index contributed by atoms with van der Waals surface area (Å²) in [7, 11) is 0. The van der Waals surface area contributed by atoms with Crippen molar-refractivity contribution in [3.8, 4) is 0 Å². The summed E-state index contributed by atoms with van der Waals surface area (Å²) >= 11 is 0. The molecule has 0 saturated carbocycles. The van der Waals surface area contributed by atoms with Crippen LogP contribution in [0.1, 0.15) is 431 Å². The summed E-state index contributed by atoms with van der Waals surface area (Å²) < 4.78 is 5.51. The Bertz CT molecular complexity index is 1450. The van der Waals surface area contributed by atoms with Crippen LogP contribution in [0.25, 0.3) is 0 Å². The lowest BCUT2D eigenvalue weighted by atomic mass is 10.0. The Morgan fingerprint density at radius 3 is 0.897 bits per heavy atom. The number of aliphatic hydroxyl groups excluding tert-OH is 2. The highest BCUT2D eigenvalue weighted by Gasteiger charge is 2.18. The van der Waals surface area contributed by atoms with Gasteiger partial charge in [-0.3, -0.25) is 9.59 Å². The molecular weight excluding hydrogens is 1070 g/mol. The van der Waals surface area contributed by atoms with Crippen molar-refractivity contribution in [2.24, 2.45) is 0 Å². The van der Waals surface area contributed by atoms with E-state index in [0.29, 0.717) is 19.4 Å². The van der Waals surface area contributed by atoms with Crippen molar-refractivity contribution >= 4 is 11.9 Å². The molecule has 6 nitrogen and oxygen atoms in total. The molecule has 512 valence electrons. The van der Waals surface area contributed by atoms with Gasteiger partial charge in [-0.15, -0.1) is 0 Å². The number of hydrogen-bond donors (Lipinski definition) is 3. The molecule has 0 aliphatic carbocycles. The van der Waals surface area contributed by atoms with Gasteiger partial charge in [0.15, 0.2) is 0 Å². The molecule has 0 aromatic rings. The molecule has 1 amide bonds. The Morgan fingerprint density at radius 1 is 0.322 bits per heavy atom. The highest BCUT2D eigenvalue weighted by molar-refractivity contribution is 5.76. The Hall–Kier alpha value is -2.18. The highest BCUT2D eigenvalue weighted by Crippen LogP contribution is 2.19. The molecule has 0 bridgehead atoms. The Balaban J connectivity index is 3.40. The zero-order chi connectivity index (χ0) is 62.8. The third-order valence-corrected chi connectivity index (χ3v) is 18.3. The average molecular weight is 1220 g/mol. The normalized spacial score (nSPS) is 12.7. The Morgan fingerprint density at radius 2 is 0.575 bits per heavy atom. The summed E-state index contributed by atoms with van der Waals surface area (Å²) in [6.07, 6.45) is 101. The van der Waals surface area contributed by atoms with Crippen LogP contribution in [0.15, 0.2) is 48.6 Å². The van der Waals surface area contributed by atoms with E-state index in [4.69, 9.17) is 4.74 Å². The van der Waals surface area contributed by atoms with Crippen LogP contribution in [0.3, 0.4) is 0 Å². The van der Waals surface area contributed by atoms with E-state index in [2.05, 4.69) is 55.6 Å². The number of hydrogen-bond acceptors (Lipinski definition) is 5. The zero-order valence-corrected chi connectivity index (χ0v) is 58.8. The molecule has 0 aliphatic heterocycles. The lowest BCUT2D eigenvalue weighted by Gasteiger charge is -2.20. The largest absolute Gasteiger partial charge is 0.466 e. The first kappa shape index (κ1) is 84.8. The number of unbranched alkanes of at least 4 members (excludes halogenated alkanes) is 57. The summed E-state index contributed by atoms with van der Waals surface area (Å²) in [5.74, 6) is -0.0536. The van der Waals surface area contributed by atoms with Crippen molar-refractivity contribution in [1.82, 2.24) is 5.32 Å². The van der Waals surface area contributed by atoms with Crippen LogP contribution < -0.4 is 5.32 Å². The smallest absolute Gasteiger partial charge is 0.305 e. The number of rotatable bonds is 74. The van der Waals surface area contributed by atoms with Crippen molar-refractivity contribution in [2.75, 3.05) is 13.2 Å². The monoisotopic (exact) mass is 1220 g/mol. The molecule has 3 N–H and O–H groups in total. The van der Waals surface area contributed by atoms with Crippen molar-refractivity contribution in [3.05, 3.63) is 48.6 Å². The van der Waals surface area contributed by atoms with Crippen molar-refractivity contribution in [3.63, 3.8) is 0 Å². The van der Waals surface area contributed by atoms with Crippen LogP contribution >= 0.6 is 0 Å². The predicted molar refractivity (Wildman–Crippen MR) is 384 cm³/mol. The number of amides is 1. The van der Waals surface area contributed by atoms with Gasteiger partial charge in [0.25, 0.3) is 0 Å². The molecule has 0 radical (unpaired) electrons. The second kappa shape index (κ2) is 76.3. The molecule has 2 atom stereocenters. The van der Waals surface area contributed by atoms with E-state index >= 15 is 0 Å². The molecule has 0 heterocycles. The molecule has 0 spiro atoms. The first-order chi connectivity index (χ1) is 43.0. The SMILES string of the molecule is CCCCCC/C=C\C/C=C\CCCCCCCCCC(=O)OCCCCCCCCCCCCCC/C=C\CCCCCCCCCCCCCCCC(=O)NC(CO)C(O)/C=C/CCCCCCCCCCCCCCCCCCCCCCC. The van der Waals surface area contributed by atoms with E-state index in [-0.39, 0.29) is 18.5 Å². The minimum atomic E-state index is -0.846. The summed E-state index contributed by atoms with van der Waals surface area (Å²) in [6.45, 7) is 4.93. The predicted octanol–water partition coefficient (Wildman–Crippen LogP) is 26.0. The number of allylic oxidation sites excluding steroid dienone is 7. The molecule has 87 heavy (non-hydrogen) atoms. The molecule has 0 saturated heterocycles. The van der Waals surface area contributed by atoms with Crippen LogP contribution in [0.4, 0.5) is 0 Å². The molecule has 0 aromatic heterocycles. The lowest BCUT2D eigenvalue weighted by molar-refractivity contribution is -0.143. The van der Waals surface area contributed by atoms with Gasteiger partial charge in [-0.05, 0) is 89.9 Å². The average Bonchev–Trinajstić information content (AvgIpc) is 3.53. The number of esters is 1. The standard InChI is InChI=1S/C81H153NO5/c1-3-5-7-9-11-13-15-17-19-21-23-24-32-35-38-41-45-49-53-57-61-65-69-73-79(84)78(77-83)82-80(85)74-70-66-62-58-54-50-46-42-39-36-33-30-28-26-25-27-29-31-34-37-40-44-48-52-56-60-64-68-72-76-87-81(86)75-71-67-63-59-55-51-47-43-22-20-18-16-14-12-10-8-6-4-2/h14,16,20,22,25,27,69,73,78-79,83-84H,3-13,15,17-19,21,23-24,26,28-68,70-72,74-77H2,1-2H3,(H,82,85)/b16-14-,22-20-,27-25-,73-69+. The molecule has 6 heteroatoms. The van der Waals surface area contributed by atoms with Crippen LogP contribution in [-0.4, -0.2) is 47.4 Å². The van der Waals surface area contributed by atoms with Gasteiger partial charge in [-0.2, -0.15) is 0 Å². The Kier molecular flexibility index (Phi) is 74.4. The summed E-state index contributed by atoms with van der Waals surface area (Å²) in [5.41, 5.74) is 0. The number of carbonyl (C=O) groups is 2. The van der Waals surface area contributed by atoms with E-state index in [0.717, 1.165) is 51.4 Å². The van der Waals surface area contributed by atoms with Gasteiger partial charge >= 0.3 is 5.97 Å². The van der Waals surface area contributed by atoms with Crippen molar-refractivity contribution in [1.29, 1.82) is 0 Å². The summed E-state index contributed by atoms with van der Waals surface area (Å²) in [5, 5.41) is 23.3. The van der Waals surface area contributed by atoms with E-state index < -0.39 is 12.1 Å². The quantitative estimate of drug-likeness (QED) is 0.0320. The van der Waals surface area contributed by atoms with Crippen molar-refractivity contribution < 1.29 is 24.5 Å². The molecule has 2 unspecified atom stereocenters. The molecular formula is C81H153NO5. The lowest BCUT2D eigenvalue weighted by Crippen LogP contribution is -2.45. The minimum absolute atomic E-state index is 0.00936. The second-order valence-electron chi connectivity index (χ2n) is 27.0. The summed E-state index contributed by atoms with van der Waals surface area (Å²) in [6, 6.07) is -0.629. The second-order valence-corrected chi connectivity index (χ2v) is 27.0. The number of aliphatic hydroxyl groups is 2. The van der Waals surface area contributed by atoms with Gasteiger partial charge in [0.2, 0.25) is 5.91 Å². The van der Waals surface area contributed by atoms with Crippen LogP contribution in [0.2, 0.25) is 0 Å². The van der Waals surface area contributed by atoms with Crippen LogP contribution in [0, 0.1) is 0 Å². The number of ether oxygens (including phenoxy) is 1. The molecule has 0 fully saturated rings. The zero-order valence-electron chi connectivity index (χ0n) is 58.8. The van der Waals surface area contributed by atoms with Gasteiger partial charge in [-0.1, -0.05) is 377 Å². The van der Waals surface area contributed by atoms with Gasteiger partial charge in [0.05, 0.1) is 25.4 Å². The van der Waals surface area contributed by atoms with Crippen LogP contribution in [0.5, 0.6) is 0 Å². The maximum absolute atomic E-state index is 12.5. The summed E-state index contributed by atoms with van der Waals surface area (Å²) in [4.78, 5) is 24.7.